The van der Waals surface area contributed by atoms with Crippen molar-refractivity contribution in [2.24, 2.45) is 0 Å². The Labute approximate surface area is 87.2 Å². The van der Waals surface area contributed by atoms with Crippen LogP contribution in [0.25, 0.3) is 0 Å². The number of rotatable bonds is 4. The molecular weight excluding hydrogens is 194 g/mol. The lowest BCUT2D eigenvalue weighted by Gasteiger charge is -2.10. The standard InChI is InChI=1S/C10H13N3S/c1-8(10-3-2-4-14-10)11-5-9-6-12-13-7-9/h2-4,6-8,11H,5H2,1H3,(H,12,13). The first kappa shape index (κ1) is 9.43. The molecule has 14 heavy (non-hydrogen) atoms. The summed E-state index contributed by atoms with van der Waals surface area (Å²) >= 11 is 1.78. The molecule has 0 bridgehead atoms. The number of nitrogens with zero attached hydrogens (tertiary/aromatic N) is 1. The van der Waals surface area contributed by atoms with Crippen molar-refractivity contribution < 1.29 is 0 Å². The molecule has 2 rings (SSSR count). The van der Waals surface area contributed by atoms with Gasteiger partial charge in [0.25, 0.3) is 0 Å². The lowest BCUT2D eigenvalue weighted by Crippen LogP contribution is -2.16. The number of thiophene rings is 1. The molecule has 0 spiro atoms. The minimum Gasteiger partial charge on any atom is -0.305 e. The van der Waals surface area contributed by atoms with Gasteiger partial charge in [0.2, 0.25) is 0 Å². The van der Waals surface area contributed by atoms with Gasteiger partial charge in [-0.05, 0) is 18.4 Å². The Morgan fingerprint density at radius 1 is 1.64 bits per heavy atom. The molecule has 3 nitrogen and oxygen atoms in total. The topological polar surface area (TPSA) is 40.7 Å². The zero-order chi connectivity index (χ0) is 9.80. The summed E-state index contributed by atoms with van der Waals surface area (Å²) < 4.78 is 0. The molecule has 2 N–H and O–H groups in total. The smallest absolute Gasteiger partial charge is 0.0532 e. The van der Waals surface area contributed by atoms with Crippen LogP contribution >= 0.6 is 11.3 Å². The molecule has 0 saturated carbocycles. The summed E-state index contributed by atoms with van der Waals surface area (Å²) in [4.78, 5) is 1.37. The van der Waals surface area contributed by atoms with Gasteiger partial charge in [-0.15, -0.1) is 11.3 Å². The maximum absolute atomic E-state index is 3.90. The van der Waals surface area contributed by atoms with Gasteiger partial charge < -0.3 is 5.32 Å². The second-order valence-electron chi connectivity index (χ2n) is 3.22. The molecule has 0 aliphatic rings. The highest BCUT2D eigenvalue weighted by Gasteiger charge is 2.05. The second kappa shape index (κ2) is 4.39. The van der Waals surface area contributed by atoms with Gasteiger partial charge in [-0.25, -0.2) is 0 Å². The number of H-pyrrole nitrogens is 1. The van der Waals surface area contributed by atoms with E-state index in [0.29, 0.717) is 6.04 Å². The first-order valence-electron chi connectivity index (χ1n) is 4.60. The van der Waals surface area contributed by atoms with Crippen molar-refractivity contribution in [1.29, 1.82) is 0 Å². The molecule has 0 radical (unpaired) electrons. The summed E-state index contributed by atoms with van der Waals surface area (Å²) in [6.45, 7) is 3.03. The first-order valence-corrected chi connectivity index (χ1v) is 5.48. The largest absolute Gasteiger partial charge is 0.305 e. The quantitative estimate of drug-likeness (QED) is 0.807. The van der Waals surface area contributed by atoms with Crippen LogP contribution in [0.2, 0.25) is 0 Å². The van der Waals surface area contributed by atoms with Gasteiger partial charge in [0, 0.05) is 29.2 Å². The molecule has 0 aromatic carbocycles. The first-order chi connectivity index (χ1) is 6.86. The third kappa shape index (κ3) is 2.21. The van der Waals surface area contributed by atoms with E-state index in [9.17, 15) is 0 Å². The van der Waals surface area contributed by atoms with Gasteiger partial charge in [0.05, 0.1) is 6.20 Å². The number of aromatic nitrogens is 2. The highest BCUT2D eigenvalue weighted by molar-refractivity contribution is 7.10. The maximum Gasteiger partial charge on any atom is 0.0532 e. The van der Waals surface area contributed by atoms with E-state index in [-0.39, 0.29) is 0 Å². The van der Waals surface area contributed by atoms with Crippen LogP contribution in [0.15, 0.2) is 29.9 Å². The summed E-state index contributed by atoms with van der Waals surface area (Å²) in [5, 5.41) is 12.2. The van der Waals surface area contributed by atoms with E-state index in [1.165, 1.54) is 10.4 Å². The van der Waals surface area contributed by atoms with Crippen molar-refractivity contribution in [2.75, 3.05) is 0 Å². The molecule has 0 fully saturated rings. The molecule has 0 aliphatic carbocycles. The van der Waals surface area contributed by atoms with E-state index in [0.717, 1.165) is 6.54 Å². The predicted octanol–water partition coefficient (Wildman–Crippen LogP) is 2.32. The Morgan fingerprint density at radius 2 is 2.57 bits per heavy atom. The SMILES string of the molecule is CC(NCc1cn[nH]c1)c1cccs1. The summed E-state index contributed by atoms with van der Waals surface area (Å²) in [7, 11) is 0. The van der Waals surface area contributed by atoms with Crippen molar-refractivity contribution in [1.82, 2.24) is 15.5 Å². The minimum atomic E-state index is 0.407. The van der Waals surface area contributed by atoms with Crippen LogP contribution in [0.5, 0.6) is 0 Å². The number of hydrogen-bond donors (Lipinski definition) is 2. The van der Waals surface area contributed by atoms with Crippen LogP contribution in [-0.2, 0) is 6.54 Å². The van der Waals surface area contributed by atoms with Crippen LogP contribution in [0.1, 0.15) is 23.4 Å². The van der Waals surface area contributed by atoms with Crippen LogP contribution in [-0.4, -0.2) is 10.2 Å². The Balaban J connectivity index is 1.87. The molecule has 1 unspecified atom stereocenters. The Morgan fingerprint density at radius 3 is 3.21 bits per heavy atom. The lowest BCUT2D eigenvalue weighted by molar-refractivity contribution is 0.583. The fourth-order valence-corrected chi connectivity index (χ4v) is 2.04. The molecule has 0 amide bonds. The van der Waals surface area contributed by atoms with E-state index in [4.69, 9.17) is 0 Å². The molecule has 0 aliphatic heterocycles. The normalized spacial score (nSPS) is 12.9. The van der Waals surface area contributed by atoms with Gasteiger partial charge in [0.1, 0.15) is 0 Å². The van der Waals surface area contributed by atoms with E-state index >= 15 is 0 Å². The molecule has 4 heteroatoms. The average Bonchev–Trinajstić information content (AvgIpc) is 2.87. The minimum absolute atomic E-state index is 0.407. The average molecular weight is 207 g/mol. The Bertz CT molecular complexity index is 353. The number of nitrogens with one attached hydrogen (secondary N) is 2. The number of hydrogen-bond acceptors (Lipinski definition) is 3. The highest BCUT2D eigenvalue weighted by atomic mass is 32.1. The second-order valence-corrected chi connectivity index (χ2v) is 4.20. The van der Waals surface area contributed by atoms with E-state index in [2.05, 4.69) is 40.0 Å². The highest BCUT2D eigenvalue weighted by Crippen LogP contribution is 2.18. The zero-order valence-corrected chi connectivity index (χ0v) is 8.84. The van der Waals surface area contributed by atoms with E-state index in [1.807, 2.05) is 12.4 Å². The fourth-order valence-electron chi connectivity index (χ4n) is 1.28. The summed E-state index contributed by atoms with van der Waals surface area (Å²) in [5.74, 6) is 0. The van der Waals surface area contributed by atoms with Gasteiger partial charge in [-0.1, -0.05) is 6.07 Å². The zero-order valence-electron chi connectivity index (χ0n) is 8.03. The van der Waals surface area contributed by atoms with Crippen LogP contribution in [0.4, 0.5) is 0 Å². The molecule has 74 valence electrons. The molecule has 0 saturated heterocycles. The Hall–Kier alpha value is -1.13. The van der Waals surface area contributed by atoms with E-state index in [1.54, 1.807) is 11.3 Å². The maximum atomic E-state index is 3.90. The Kier molecular flexibility index (Phi) is 2.96. The predicted molar refractivity (Wildman–Crippen MR) is 58.2 cm³/mol. The van der Waals surface area contributed by atoms with E-state index < -0.39 is 0 Å². The lowest BCUT2D eigenvalue weighted by atomic mass is 10.2. The fraction of sp³-hybridized carbons (Fsp3) is 0.300. The van der Waals surface area contributed by atoms with Crippen LogP contribution in [0.3, 0.4) is 0 Å². The summed E-state index contributed by atoms with van der Waals surface area (Å²) in [6, 6.07) is 4.64. The van der Waals surface area contributed by atoms with Crippen molar-refractivity contribution in [3.63, 3.8) is 0 Å². The molecule has 2 heterocycles. The van der Waals surface area contributed by atoms with Crippen LogP contribution < -0.4 is 5.32 Å². The molecular formula is C10H13N3S. The molecule has 2 aromatic heterocycles. The van der Waals surface area contributed by atoms with Crippen LogP contribution in [0, 0.1) is 0 Å². The summed E-state index contributed by atoms with van der Waals surface area (Å²) in [6.07, 6.45) is 3.75. The van der Waals surface area contributed by atoms with Crippen molar-refractivity contribution >= 4 is 11.3 Å². The molecule has 2 aromatic rings. The van der Waals surface area contributed by atoms with Crippen molar-refractivity contribution in [2.45, 2.75) is 19.5 Å². The summed E-state index contributed by atoms with van der Waals surface area (Å²) in [5.41, 5.74) is 1.19. The van der Waals surface area contributed by atoms with Crippen molar-refractivity contribution in [3.8, 4) is 0 Å². The monoisotopic (exact) mass is 207 g/mol. The van der Waals surface area contributed by atoms with Gasteiger partial charge >= 0.3 is 0 Å². The van der Waals surface area contributed by atoms with Gasteiger partial charge in [0.15, 0.2) is 0 Å². The van der Waals surface area contributed by atoms with Gasteiger partial charge in [-0.3, -0.25) is 5.10 Å². The van der Waals surface area contributed by atoms with Crippen molar-refractivity contribution in [3.05, 3.63) is 40.3 Å². The third-order valence-corrected chi connectivity index (χ3v) is 3.19. The third-order valence-electron chi connectivity index (χ3n) is 2.14. The number of aromatic amines is 1. The molecule has 1 atom stereocenters. The van der Waals surface area contributed by atoms with Gasteiger partial charge in [-0.2, -0.15) is 5.10 Å².